The third-order valence-electron chi connectivity index (χ3n) is 2.34. The minimum atomic E-state index is -2.17. The molecule has 0 radical (unpaired) electrons. The highest BCUT2D eigenvalue weighted by Crippen LogP contribution is 2.46. The Morgan fingerprint density at radius 3 is 2.55 bits per heavy atom. The van der Waals surface area contributed by atoms with Crippen molar-refractivity contribution in [3.8, 4) is 0 Å². The Morgan fingerprint density at radius 1 is 1.45 bits per heavy atom. The molecule has 2 N–H and O–H groups in total. The molecule has 7 nitrogen and oxygen atoms in total. The van der Waals surface area contributed by atoms with Gasteiger partial charge in [-0.3, -0.25) is 0 Å². The van der Waals surface area contributed by atoms with Crippen LogP contribution in [0.5, 0.6) is 0 Å². The van der Waals surface area contributed by atoms with E-state index in [0.29, 0.717) is 18.9 Å². The van der Waals surface area contributed by atoms with Crippen LogP contribution in [0.1, 0.15) is 26.6 Å². The number of anilines is 1. The van der Waals surface area contributed by atoms with Crippen molar-refractivity contribution >= 4 is 46.4 Å². The van der Waals surface area contributed by atoms with Crippen LogP contribution >= 0.6 is 17.8 Å². The van der Waals surface area contributed by atoms with Gasteiger partial charge in [-0.2, -0.15) is 9.36 Å². The van der Waals surface area contributed by atoms with E-state index in [1.54, 1.807) is 6.92 Å². The van der Waals surface area contributed by atoms with E-state index in [2.05, 4.69) is 14.5 Å². The van der Waals surface area contributed by atoms with Gasteiger partial charge in [-0.25, -0.2) is 4.79 Å². The Kier molecular flexibility index (Phi) is 6.51. The van der Waals surface area contributed by atoms with Crippen LogP contribution in [0.3, 0.4) is 0 Å². The summed E-state index contributed by atoms with van der Waals surface area (Å²) in [5.41, 5.74) is 5.41. The molecule has 0 spiro atoms. The van der Waals surface area contributed by atoms with E-state index in [0.717, 1.165) is 11.5 Å². The molecule has 0 aliphatic carbocycles. The molecule has 20 heavy (non-hydrogen) atoms. The third kappa shape index (κ3) is 4.50. The number of nitrogens with zero attached hydrogens (tertiary/aromatic N) is 3. The molecule has 1 aromatic rings. The van der Waals surface area contributed by atoms with E-state index in [1.807, 2.05) is 13.8 Å². The number of carbonyl (C=O) groups excluding carboxylic acids is 1. The quantitative estimate of drug-likeness (QED) is 0.460. The SMILES string of the molecule is CCO/N=C(\C(=O)OP(=S)(CC)CC)c1nsc(N)n1. The lowest BCUT2D eigenvalue weighted by Gasteiger charge is -2.18. The zero-order valence-corrected chi connectivity index (χ0v) is 14.1. The van der Waals surface area contributed by atoms with Crippen molar-refractivity contribution in [1.82, 2.24) is 9.36 Å². The van der Waals surface area contributed by atoms with E-state index in [-0.39, 0.29) is 16.7 Å². The third-order valence-corrected chi connectivity index (χ3v) is 7.09. The molecule has 112 valence electrons. The number of hydrogen-bond donors (Lipinski definition) is 1. The van der Waals surface area contributed by atoms with Gasteiger partial charge in [-0.05, 0) is 6.92 Å². The van der Waals surface area contributed by atoms with Gasteiger partial charge in [0.15, 0.2) is 5.13 Å². The van der Waals surface area contributed by atoms with Crippen LogP contribution in [0.25, 0.3) is 0 Å². The Balaban J connectivity index is 3.01. The predicted octanol–water partition coefficient (Wildman–Crippen LogP) is 1.84. The highest BCUT2D eigenvalue weighted by molar-refractivity contribution is 8.12. The van der Waals surface area contributed by atoms with Gasteiger partial charge in [-0.1, -0.05) is 30.8 Å². The van der Waals surface area contributed by atoms with Gasteiger partial charge in [0.05, 0.1) is 0 Å². The lowest BCUT2D eigenvalue weighted by Crippen LogP contribution is -2.20. The van der Waals surface area contributed by atoms with E-state index < -0.39 is 12.2 Å². The van der Waals surface area contributed by atoms with Gasteiger partial charge in [0.1, 0.15) is 12.9 Å². The fourth-order valence-electron chi connectivity index (χ4n) is 1.18. The van der Waals surface area contributed by atoms with Gasteiger partial charge < -0.3 is 15.1 Å². The first-order valence-corrected chi connectivity index (χ1v) is 9.93. The molecule has 0 aliphatic heterocycles. The summed E-state index contributed by atoms with van der Waals surface area (Å²) in [6.45, 7) is 5.86. The minimum absolute atomic E-state index is 0.0970. The molecule has 0 saturated heterocycles. The Bertz CT molecular complexity index is 538. The van der Waals surface area contributed by atoms with Gasteiger partial charge in [0.25, 0.3) is 0 Å². The molecule has 10 heteroatoms. The first-order valence-electron chi connectivity index (χ1n) is 6.07. The first kappa shape index (κ1) is 17.0. The highest BCUT2D eigenvalue weighted by Gasteiger charge is 2.26. The van der Waals surface area contributed by atoms with Crippen LogP contribution < -0.4 is 5.73 Å². The maximum Gasteiger partial charge on any atom is 0.367 e. The number of nitrogens with two attached hydrogens (primary N) is 1. The topological polar surface area (TPSA) is 99.7 Å². The Labute approximate surface area is 126 Å². The normalized spacial score (nSPS) is 12.2. The molecule has 0 unspecified atom stereocenters. The van der Waals surface area contributed by atoms with Crippen LogP contribution in [-0.2, 0) is 26.0 Å². The summed E-state index contributed by atoms with van der Waals surface area (Å²) in [7, 11) is 0. The second-order valence-corrected chi connectivity index (χ2v) is 9.50. The van der Waals surface area contributed by atoms with Gasteiger partial charge in [0.2, 0.25) is 11.5 Å². The van der Waals surface area contributed by atoms with Crippen molar-refractivity contribution < 1.29 is 14.2 Å². The van der Waals surface area contributed by atoms with Crippen molar-refractivity contribution in [2.24, 2.45) is 5.16 Å². The molecule has 1 aromatic heterocycles. The van der Waals surface area contributed by atoms with Crippen LogP contribution in [0.4, 0.5) is 5.13 Å². The van der Waals surface area contributed by atoms with Crippen molar-refractivity contribution in [3.05, 3.63) is 5.82 Å². The van der Waals surface area contributed by atoms with E-state index in [1.165, 1.54) is 0 Å². The van der Waals surface area contributed by atoms with E-state index in [4.69, 9.17) is 26.9 Å². The first-order chi connectivity index (χ1) is 9.45. The van der Waals surface area contributed by atoms with Crippen LogP contribution in [0, 0.1) is 0 Å². The average Bonchev–Trinajstić information content (AvgIpc) is 2.85. The molecular weight excluding hydrogens is 319 g/mol. The average molecular weight is 336 g/mol. The molecule has 1 rings (SSSR count). The summed E-state index contributed by atoms with van der Waals surface area (Å²) in [4.78, 5) is 21.0. The minimum Gasteiger partial charge on any atom is -0.432 e. The smallest absolute Gasteiger partial charge is 0.367 e. The second kappa shape index (κ2) is 7.66. The standard InChI is InChI=1S/C10H17N4O3PS2/c1-4-16-13-7(8-12-10(11)20-14-8)9(15)17-18(19,5-2)6-3/h4-6H2,1-3H3,(H2,11,12,14)/b13-7-. The summed E-state index contributed by atoms with van der Waals surface area (Å²) in [6, 6.07) is 0. The molecule has 0 amide bonds. The van der Waals surface area contributed by atoms with Crippen molar-refractivity contribution in [2.75, 3.05) is 24.7 Å². The van der Waals surface area contributed by atoms with E-state index in [9.17, 15) is 4.79 Å². The highest BCUT2D eigenvalue weighted by atomic mass is 32.4. The van der Waals surface area contributed by atoms with Crippen molar-refractivity contribution in [2.45, 2.75) is 20.8 Å². The van der Waals surface area contributed by atoms with Crippen LogP contribution in [0.15, 0.2) is 5.16 Å². The summed E-state index contributed by atoms with van der Waals surface area (Å²) >= 11 is 6.35. The fraction of sp³-hybridized carbons (Fsp3) is 0.600. The number of carbonyl (C=O) groups is 1. The fourth-order valence-corrected chi connectivity index (χ4v) is 2.91. The summed E-state index contributed by atoms with van der Waals surface area (Å²) in [5.74, 6) is -0.567. The van der Waals surface area contributed by atoms with Gasteiger partial charge >= 0.3 is 5.97 Å². The maximum absolute atomic E-state index is 12.2. The molecule has 0 aliphatic rings. The maximum atomic E-state index is 12.2. The molecule has 0 atom stereocenters. The summed E-state index contributed by atoms with van der Waals surface area (Å²) in [5, 5.41) is 3.96. The summed E-state index contributed by atoms with van der Waals surface area (Å²) < 4.78 is 9.36. The van der Waals surface area contributed by atoms with Crippen LogP contribution in [-0.4, -0.2) is 40.0 Å². The van der Waals surface area contributed by atoms with E-state index >= 15 is 0 Å². The van der Waals surface area contributed by atoms with Crippen molar-refractivity contribution in [3.63, 3.8) is 0 Å². The second-order valence-electron chi connectivity index (χ2n) is 3.64. The number of aromatic nitrogens is 2. The largest absolute Gasteiger partial charge is 0.432 e. The zero-order chi connectivity index (χ0) is 15.2. The molecule has 0 saturated carbocycles. The molecular formula is C10H17N4O3PS2. The zero-order valence-electron chi connectivity index (χ0n) is 11.5. The monoisotopic (exact) mass is 336 g/mol. The van der Waals surface area contributed by atoms with Gasteiger partial charge in [-0.15, -0.1) is 0 Å². The number of rotatable bonds is 7. The molecule has 1 heterocycles. The Hall–Kier alpha value is -1.05. The lowest BCUT2D eigenvalue weighted by atomic mass is 10.4. The predicted molar refractivity (Wildman–Crippen MR) is 83.9 cm³/mol. The lowest BCUT2D eigenvalue weighted by molar-refractivity contribution is -0.126. The number of hydrogen-bond acceptors (Lipinski definition) is 9. The molecule has 0 fully saturated rings. The molecule has 0 bridgehead atoms. The van der Waals surface area contributed by atoms with Gasteiger partial charge in [0, 0.05) is 23.9 Å². The number of nitrogen functional groups attached to an aromatic ring is 1. The number of oxime groups is 1. The summed E-state index contributed by atoms with van der Waals surface area (Å²) in [6.07, 6.45) is -0.925. The van der Waals surface area contributed by atoms with Crippen molar-refractivity contribution in [1.29, 1.82) is 0 Å². The molecule has 0 aromatic carbocycles. The Morgan fingerprint density at radius 2 is 2.10 bits per heavy atom. The van der Waals surface area contributed by atoms with Crippen LogP contribution in [0.2, 0.25) is 0 Å².